The maximum absolute atomic E-state index is 5.85. The van der Waals surface area contributed by atoms with E-state index in [0.29, 0.717) is 35.9 Å². The third-order valence-electron chi connectivity index (χ3n) is 4.33. The van der Waals surface area contributed by atoms with Gasteiger partial charge in [-0.05, 0) is 60.9 Å². The van der Waals surface area contributed by atoms with Crippen molar-refractivity contribution in [3.63, 3.8) is 0 Å². The van der Waals surface area contributed by atoms with Gasteiger partial charge < -0.3 is 20.1 Å². The van der Waals surface area contributed by atoms with E-state index in [4.69, 9.17) is 21.1 Å². The minimum absolute atomic E-state index is 0. The molecule has 0 fully saturated rings. The molecule has 2 heterocycles. The molecule has 0 atom stereocenters. The number of aliphatic imine (C=N–C) groups is 1. The van der Waals surface area contributed by atoms with Gasteiger partial charge in [0.05, 0.1) is 6.61 Å². The standard InChI is InChI=1S/C23H26ClN5O2.HI/c1-3-30-19-5-7-20(8-6-19)31-22-14-18(11-12-26-22)16-29-23(25-2)27-13-10-17-4-9-21(24)28-15-17;/h4-9,11-12,14-15H,3,10,13,16H2,1-2H3,(H2,25,27,29);1H. The van der Waals surface area contributed by atoms with Crippen molar-refractivity contribution in [2.75, 3.05) is 20.2 Å². The highest BCUT2D eigenvalue weighted by Crippen LogP contribution is 2.23. The molecule has 0 saturated carbocycles. The van der Waals surface area contributed by atoms with Crippen LogP contribution in [0, 0.1) is 0 Å². The largest absolute Gasteiger partial charge is 0.494 e. The summed E-state index contributed by atoms with van der Waals surface area (Å²) < 4.78 is 11.3. The minimum atomic E-state index is 0. The van der Waals surface area contributed by atoms with Crippen molar-refractivity contribution < 1.29 is 9.47 Å². The molecule has 170 valence electrons. The lowest BCUT2D eigenvalue weighted by atomic mass is 10.2. The number of ether oxygens (including phenoxy) is 2. The number of rotatable bonds is 9. The summed E-state index contributed by atoms with van der Waals surface area (Å²) in [6.07, 6.45) is 4.33. The zero-order valence-corrected chi connectivity index (χ0v) is 21.1. The lowest BCUT2D eigenvalue weighted by molar-refractivity contribution is 0.339. The molecular formula is C23H27ClIN5O2. The second-order valence-corrected chi connectivity index (χ2v) is 6.99. The number of halogens is 2. The number of nitrogens with one attached hydrogen (secondary N) is 2. The van der Waals surface area contributed by atoms with Gasteiger partial charge in [-0.1, -0.05) is 17.7 Å². The van der Waals surface area contributed by atoms with E-state index in [0.717, 1.165) is 29.8 Å². The summed E-state index contributed by atoms with van der Waals surface area (Å²) in [6, 6.07) is 15.1. The Bertz CT molecular complexity index is 984. The number of benzene rings is 1. The molecular weight excluding hydrogens is 541 g/mol. The highest BCUT2D eigenvalue weighted by atomic mass is 127. The Balaban J connectivity index is 0.00000363. The predicted octanol–water partition coefficient (Wildman–Crippen LogP) is 4.85. The first-order valence-corrected chi connectivity index (χ1v) is 10.4. The van der Waals surface area contributed by atoms with Crippen LogP contribution in [0.3, 0.4) is 0 Å². The zero-order valence-electron chi connectivity index (χ0n) is 18.0. The summed E-state index contributed by atoms with van der Waals surface area (Å²) in [5, 5.41) is 7.09. The average Bonchev–Trinajstić information content (AvgIpc) is 2.79. The molecule has 7 nitrogen and oxygen atoms in total. The Labute approximate surface area is 210 Å². The van der Waals surface area contributed by atoms with Gasteiger partial charge in [-0.15, -0.1) is 24.0 Å². The SMILES string of the molecule is CCOc1ccc(Oc2cc(CNC(=NC)NCCc3ccc(Cl)nc3)ccn2)cc1.I. The highest BCUT2D eigenvalue weighted by Gasteiger charge is 2.04. The Morgan fingerprint density at radius 3 is 2.47 bits per heavy atom. The van der Waals surface area contributed by atoms with Crippen molar-refractivity contribution in [3.05, 3.63) is 77.2 Å². The third kappa shape index (κ3) is 8.51. The Morgan fingerprint density at radius 1 is 1.00 bits per heavy atom. The van der Waals surface area contributed by atoms with E-state index in [9.17, 15) is 0 Å². The van der Waals surface area contributed by atoms with Crippen molar-refractivity contribution in [2.24, 2.45) is 4.99 Å². The number of pyridine rings is 2. The predicted molar refractivity (Wildman–Crippen MR) is 138 cm³/mol. The quantitative estimate of drug-likeness (QED) is 0.167. The molecule has 0 unspecified atom stereocenters. The van der Waals surface area contributed by atoms with Crippen LogP contribution in [-0.2, 0) is 13.0 Å². The lowest BCUT2D eigenvalue weighted by Crippen LogP contribution is -2.37. The van der Waals surface area contributed by atoms with Gasteiger partial charge in [0, 0.05) is 38.6 Å². The third-order valence-corrected chi connectivity index (χ3v) is 4.56. The summed E-state index contributed by atoms with van der Waals surface area (Å²) in [4.78, 5) is 12.6. The van der Waals surface area contributed by atoms with Gasteiger partial charge in [-0.3, -0.25) is 4.99 Å². The maximum atomic E-state index is 5.85. The Hall–Kier alpha value is -2.59. The summed E-state index contributed by atoms with van der Waals surface area (Å²) in [7, 11) is 1.74. The van der Waals surface area contributed by atoms with E-state index >= 15 is 0 Å². The molecule has 0 bridgehead atoms. The van der Waals surface area contributed by atoms with Gasteiger partial charge >= 0.3 is 0 Å². The number of nitrogens with zero attached hydrogens (tertiary/aromatic N) is 3. The Kier molecular flexibility index (Phi) is 11.0. The fourth-order valence-corrected chi connectivity index (χ4v) is 2.91. The van der Waals surface area contributed by atoms with E-state index in [2.05, 4.69) is 25.6 Å². The van der Waals surface area contributed by atoms with Crippen LogP contribution in [0.2, 0.25) is 5.15 Å². The van der Waals surface area contributed by atoms with Crippen molar-refractivity contribution in [1.82, 2.24) is 20.6 Å². The summed E-state index contributed by atoms with van der Waals surface area (Å²) in [6.45, 7) is 3.90. The van der Waals surface area contributed by atoms with Crippen LogP contribution in [0.25, 0.3) is 0 Å². The number of aromatic nitrogens is 2. The molecule has 0 aliphatic heterocycles. The highest BCUT2D eigenvalue weighted by molar-refractivity contribution is 14.0. The van der Waals surface area contributed by atoms with Gasteiger partial charge in [-0.2, -0.15) is 0 Å². The molecule has 3 rings (SSSR count). The van der Waals surface area contributed by atoms with Crippen molar-refractivity contribution >= 4 is 41.5 Å². The first-order valence-electron chi connectivity index (χ1n) is 10.1. The molecule has 0 saturated heterocycles. The van der Waals surface area contributed by atoms with Crippen LogP contribution in [0.1, 0.15) is 18.1 Å². The molecule has 2 aromatic heterocycles. The van der Waals surface area contributed by atoms with Crippen LogP contribution in [0.4, 0.5) is 0 Å². The molecule has 0 aliphatic rings. The van der Waals surface area contributed by atoms with Gasteiger partial charge in [0.2, 0.25) is 5.88 Å². The lowest BCUT2D eigenvalue weighted by Gasteiger charge is -2.12. The molecule has 9 heteroatoms. The smallest absolute Gasteiger partial charge is 0.219 e. The van der Waals surface area contributed by atoms with Crippen molar-refractivity contribution in [2.45, 2.75) is 19.9 Å². The Morgan fingerprint density at radius 2 is 1.78 bits per heavy atom. The summed E-state index contributed by atoms with van der Waals surface area (Å²) in [5.74, 6) is 2.76. The van der Waals surface area contributed by atoms with Gasteiger partial charge in [0.15, 0.2) is 5.96 Å². The van der Waals surface area contributed by atoms with E-state index < -0.39 is 0 Å². The van der Waals surface area contributed by atoms with Crippen molar-refractivity contribution in [1.29, 1.82) is 0 Å². The van der Waals surface area contributed by atoms with E-state index in [1.165, 1.54) is 0 Å². The van der Waals surface area contributed by atoms with Gasteiger partial charge in [0.25, 0.3) is 0 Å². The van der Waals surface area contributed by atoms with Gasteiger partial charge in [-0.25, -0.2) is 9.97 Å². The molecule has 3 aromatic rings. The number of hydrogen-bond acceptors (Lipinski definition) is 5. The average molecular weight is 568 g/mol. The second kappa shape index (κ2) is 13.7. The summed E-state index contributed by atoms with van der Waals surface area (Å²) in [5.41, 5.74) is 2.14. The van der Waals surface area contributed by atoms with Crippen LogP contribution < -0.4 is 20.1 Å². The molecule has 2 N–H and O–H groups in total. The van der Waals surface area contributed by atoms with Gasteiger partial charge in [0.1, 0.15) is 16.7 Å². The van der Waals surface area contributed by atoms with Crippen LogP contribution in [-0.4, -0.2) is 36.1 Å². The maximum Gasteiger partial charge on any atom is 0.219 e. The zero-order chi connectivity index (χ0) is 21.9. The monoisotopic (exact) mass is 567 g/mol. The molecule has 0 aliphatic carbocycles. The molecule has 0 radical (unpaired) electrons. The van der Waals surface area contributed by atoms with Crippen LogP contribution in [0.5, 0.6) is 17.4 Å². The molecule has 0 amide bonds. The number of hydrogen-bond donors (Lipinski definition) is 2. The summed E-state index contributed by atoms with van der Waals surface area (Å²) >= 11 is 5.82. The normalized spacial score (nSPS) is 10.8. The molecule has 0 spiro atoms. The number of guanidine groups is 1. The minimum Gasteiger partial charge on any atom is -0.494 e. The fraction of sp³-hybridized carbons (Fsp3) is 0.261. The molecule has 32 heavy (non-hydrogen) atoms. The first-order chi connectivity index (χ1) is 15.2. The van der Waals surface area contributed by atoms with E-state index in [-0.39, 0.29) is 24.0 Å². The fourth-order valence-electron chi connectivity index (χ4n) is 2.79. The van der Waals surface area contributed by atoms with E-state index in [1.807, 2.05) is 49.4 Å². The van der Waals surface area contributed by atoms with Crippen LogP contribution >= 0.6 is 35.6 Å². The van der Waals surface area contributed by atoms with Crippen molar-refractivity contribution in [3.8, 4) is 17.4 Å². The van der Waals surface area contributed by atoms with Crippen LogP contribution in [0.15, 0.2) is 65.9 Å². The first kappa shape index (κ1) is 25.7. The van der Waals surface area contributed by atoms with E-state index in [1.54, 1.807) is 25.5 Å². The second-order valence-electron chi connectivity index (χ2n) is 6.60. The molecule has 1 aromatic carbocycles. The topological polar surface area (TPSA) is 80.7 Å².